The number of anilines is 3. The van der Waals surface area contributed by atoms with Gasteiger partial charge in [-0.2, -0.15) is 0 Å². The minimum atomic E-state index is -0.277. The Morgan fingerprint density at radius 3 is 1.45 bits per heavy atom. The summed E-state index contributed by atoms with van der Waals surface area (Å²) >= 11 is 0. The molecule has 7 aromatic carbocycles. The minimum Gasteiger partial charge on any atom is -0.306 e. The normalized spacial score (nSPS) is 11.1. The molecule has 0 saturated heterocycles. The summed E-state index contributed by atoms with van der Waals surface area (Å²) in [4.78, 5) is 2.11. The van der Waals surface area contributed by atoms with E-state index >= 15 is 4.39 Å². The fourth-order valence-electron chi connectivity index (χ4n) is 5.64. The highest BCUT2D eigenvalue weighted by molar-refractivity contribution is 6.06. The molecule has 0 radical (unpaired) electrons. The van der Waals surface area contributed by atoms with E-state index in [1.807, 2.05) is 84.9 Å². The van der Waals surface area contributed by atoms with Crippen molar-refractivity contribution in [1.29, 1.82) is 0 Å². The van der Waals surface area contributed by atoms with Crippen LogP contribution in [0.1, 0.15) is 0 Å². The van der Waals surface area contributed by atoms with E-state index in [9.17, 15) is 0 Å². The van der Waals surface area contributed by atoms with Crippen LogP contribution in [0.15, 0.2) is 158 Å². The summed E-state index contributed by atoms with van der Waals surface area (Å²) in [5.41, 5.74) is 6.00. The van der Waals surface area contributed by atoms with Gasteiger partial charge in [-0.3, -0.25) is 0 Å². The first-order valence-electron chi connectivity index (χ1n) is 13.5. The summed E-state index contributed by atoms with van der Waals surface area (Å²) in [5, 5.41) is 4.33. The van der Waals surface area contributed by atoms with Crippen LogP contribution >= 0.6 is 0 Å². The van der Waals surface area contributed by atoms with Crippen molar-refractivity contribution in [3.8, 4) is 22.3 Å². The molecule has 0 aliphatic carbocycles. The first-order chi connectivity index (χ1) is 19.8. The van der Waals surface area contributed by atoms with Crippen molar-refractivity contribution in [2.24, 2.45) is 0 Å². The molecule has 190 valence electrons. The second kappa shape index (κ2) is 10.2. The SMILES string of the molecule is Fc1cc(-c2ccccc2)cc(-c2ccccc2)c1N(c1cccc2ccccc12)c1cccc2ccccc12. The molecule has 0 heterocycles. The maximum atomic E-state index is 16.9. The molecule has 1 nitrogen and oxygen atoms in total. The van der Waals surface area contributed by atoms with Gasteiger partial charge in [-0.15, -0.1) is 0 Å². The Kier molecular flexibility index (Phi) is 6.07. The molecule has 0 bridgehead atoms. The molecule has 0 saturated carbocycles. The Morgan fingerprint density at radius 1 is 0.400 bits per heavy atom. The van der Waals surface area contributed by atoms with Gasteiger partial charge in [-0.25, -0.2) is 4.39 Å². The number of nitrogens with zero attached hydrogens (tertiary/aromatic N) is 1. The molecular weight excluding hydrogens is 489 g/mol. The van der Waals surface area contributed by atoms with Gasteiger partial charge in [0.1, 0.15) is 5.82 Å². The third-order valence-electron chi connectivity index (χ3n) is 7.49. The highest BCUT2D eigenvalue weighted by atomic mass is 19.1. The van der Waals surface area contributed by atoms with E-state index in [0.717, 1.165) is 55.2 Å². The molecule has 0 N–H and O–H groups in total. The monoisotopic (exact) mass is 515 g/mol. The van der Waals surface area contributed by atoms with E-state index in [-0.39, 0.29) is 5.82 Å². The maximum absolute atomic E-state index is 16.9. The molecule has 7 aromatic rings. The van der Waals surface area contributed by atoms with Crippen LogP contribution in [0.5, 0.6) is 0 Å². The van der Waals surface area contributed by atoms with Gasteiger partial charge >= 0.3 is 0 Å². The number of benzene rings is 7. The van der Waals surface area contributed by atoms with Crippen LogP contribution in [0, 0.1) is 5.82 Å². The molecule has 0 aromatic heterocycles. The Bertz CT molecular complexity index is 1870. The average Bonchev–Trinajstić information content (AvgIpc) is 3.03. The second-order valence-corrected chi connectivity index (χ2v) is 9.92. The van der Waals surface area contributed by atoms with E-state index in [1.54, 1.807) is 6.07 Å². The smallest absolute Gasteiger partial charge is 0.148 e. The van der Waals surface area contributed by atoms with Crippen molar-refractivity contribution in [2.45, 2.75) is 0 Å². The molecule has 2 heteroatoms. The molecule has 0 amide bonds. The standard InChI is InChI=1S/C38H26FN/c39-35-26-31(27-13-3-1-4-14-27)25-34(30-15-5-2-6-16-30)38(35)40(36-23-11-19-28-17-7-9-21-32(28)36)37-24-12-20-29-18-8-10-22-33(29)37/h1-26H. The zero-order chi connectivity index (χ0) is 26.9. The minimum absolute atomic E-state index is 0.277. The van der Waals surface area contributed by atoms with E-state index in [1.165, 1.54) is 0 Å². The average molecular weight is 516 g/mol. The van der Waals surface area contributed by atoms with Gasteiger partial charge in [-0.1, -0.05) is 133 Å². The van der Waals surface area contributed by atoms with Crippen molar-refractivity contribution in [3.63, 3.8) is 0 Å². The van der Waals surface area contributed by atoms with E-state index in [0.29, 0.717) is 5.69 Å². The van der Waals surface area contributed by atoms with Gasteiger partial charge < -0.3 is 4.90 Å². The second-order valence-electron chi connectivity index (χ2n) is 9.92. The van der Waals surface area contributed by atoms with E-state index in [4.69, 9.17) is 0 Å². The molecule has 0 aliphatic heterocycles. The largest absolute Gasteiger partial charge is 0.306 e. The van der Waals surface area contributed by atoms with Crippen molar-refractivity contribution in [3.05, 3.63) is 164 Å². The first kappa shape index (κ1) is 23.9. The van der Waals surface area contributed by atoms with Crippen molar-refractivity contribution in [1.82, 2.24) is 0 Å². The maximum Gasteiger partial charge on any atom is 0.148 e. The molecule has 0 aliphatic rings. The zero-order valence-corrected chi connectivity index (χ0v) is 21.8. The lowest BCUT2D eigenvalue weighted by atomic mass is 9.95. The van der Waals surface area contributed by atoms with Crippen LogP contribution in [0.2, 0.25) is 0 Å². The molecular formula is C38H26FN. The van der Waals surface area contributed by atoms with Crippen molar-refractivity contribution >= 4 is 38.6 Å². The van der Waals surface area contributed by atoms with Crippen LogP contribution in [-0.2, 0) is 0 Å². The summed E-state index contributed by atoms with van der Waals surface area (Å²) in [6, 6.07) is 53.0. The lowest BCUT2D eigenvalue weighted by molar-refractivity contribution is 0.630. The number of hydrogen-bond acceptors (Lipinski definition) is 1. The molecule has 0 spiro atoms. The number of fused-ring (bicyclic) bond motifs is 2. The topological polar surface area (TPSA) is 3.24 Å². The number of halogens is 1. The Hall–Kier alpha value is -5.21. The van der Waals surface area contributed by atoms with Crippen LogP contribution in [0.25, 0.3) is 43.8 Å². The number of hydrogen-bond donors (Lipinski definition) is 0. The summed E-state index contributed by atoms with van der Waals surface area (Å²) in [7, 11) is 0. The highest BCUT2D eigenvalue weighted by Crippen LogP contribution is 2.47. The van der Waals surface area contributed by atoms with Gasteiger partial charge in [0.05, 0.1) is 17.1 Å². The van der Waals surface area contributed by atoms with Gasteiger partial charge in [0.2, 0.25) is 0 Å². The predicted molar refractivity (Wildman–Crippen MR) is 167 cm³/mol. The third-order valence-corrected chi connectivity index (χ3v) is 7.49. The summed E-state index contributed by atoms with van der Waals surface area (Å²) in [5.74, 6) is -0.277. The molecule has 0 unspecified atom stereocenters. The van der Waals surface area contributed by atoms with Gasteiger partial charge in [0.25, 0.3) is 0 Å². The van der Waals surface area contributed by atoms with Gasteiger partial charge in [0, 0.05) is 16.3 Å². The number of rotatable bonds is 5. The Balaban J connectivity index is 1.60. The quantitative estimate of drug-likeness (QED) is 0.220. The van der Waals surface area contributed by atoms with Crippen LogP contribution < -0.4 is 4.90 Å². The first-order valence-corrected chi connectivity index (χ1v) is 13.5. The van der Waals surface area contributed by atoms with Crippen LogP contribution in [0.4, 0.5) is 21.5 Å². The van der Waals surface area contributed by atoms with Gasteiger partial charge in [0.15, 0.2) is 0 Å². The lowest BCUT2D eigenvalue weighted by Gasteiger charge is -2.31. The lowest BCUT2D eigenvalue weighted by Crippen LogP contribution is -2.14. The summed E-state index contributed by atoms with van der Waals surface area (Å²) < 4.78 is 16.9. The van der Waals surface area contributed by atoms with Crippen molar-refractivity contribution < 1.29 is 4.39 Å². The van der Waals surface area contributed by atoms with E-state index in [2.05, 4.69) is 71.6 Å². The zero-order valence-electron chi connectivity index (χ0n) is 21.8. The highest BCUT2D eigenvalue weighted by Gasteiger charge is 2.25. The van der Waals surface area contributed by atoms with E-state index < -0.39 is 0 Å². The Morgan fingerprint density at radius 2 is 0.875 bits per heavy atom. The van der Waals surface area contributed by atoms with Crippen LogP contribution in [-0.4, -0.2) is 0 Å². The summed E-state index contributed by atoms with van der Waals surface area (Å²) in [6.07, 6.45) is 0. The molecule has 40 heavy (non-hydrogen) atoms. The summed E-state index contributed by atoms with van der Waals surface area (Å²) in [6.45, 7) is 0. The fourth-order valence-corrected chi connectivity index (χ4v) is 5.64. The Labute approximate surface area is 233 Å². The molecule has 0 atom stereocenters. The third kappa shape index (κ3) is 4.20. The molecule has 0 fully saturated rings. The van der Waals surface area contributed by atoms with Crippen LogP contribution in [0.3, 0.4) is 0 Å². The van der Waals surface area contributed by atoms with Gasteiger partial charge in [-0.05, 0) is 51.7 Å². The molecule has 7 rings (SSSR count). The predicted octanol–water partition coefficient (Wildman–Crippen LogP) is 10.9. The van der Waals surface area contributed by atoms with Crippen molar-refractivity contribution in [2.75, 3.05) is 4.90 Å². The fraction of sp³-hybridized carbons (Fsp3) is 0.